The van der Waals surface area contributed by atoms with E-state index in [1.165, 1.54) is 11.0 Å². The van der Waals surface area contributed by atoms with Gasteiger partial charge in [0.15, 0.2) is 5.82 Å². The molecule has 2 N–H and O–H groups in total. The summed E-state index contributed by atoms with van der Waals surface area (Å²) in [6.45, 7) is 5.37. The second-order valence-corrected chi connectivity index (χ2v) is 4.41. The highest BCUT2D eigenvalue weighted by atomic mass is 16.1. The average molecular weight is 274 g/mol. The van der Waals surface area contributed by atoms with Gasteiger partial charge in [-0.05, 0) is 18.7 Å². The van der Waals surface area contributed by atoms with Crippen LogP contribution < -0.4 is 10.6 Å². The smallest absolute Gasteiger partial charge is 0.228 e. The van der Waals surface area contributed by atoms with Gasteiger partial charge >= 0.3 is 0 Å². The lowest BCUT2D eigenvalue weighted by molar-refractivity contribution is -0.119. The molecule has 1 amide bonds. The molecule has 0 aromatic carbocycles. The fraction of sp³-hybridized carbons (Fsp3) is 0.385. The number of hydrogen-bond donors (Lipinski definition) is 2. The van der Waals surface area contributed by atoms with Crippen molar-refractivity contribution in [3.8, 4) is 5.82 Å². The normalized spacial score (nSPS) is 12.1. The van der Waals surface area contributed by atoms with E-state index < -0.39 is 0 Å². The molecule has 20 heavy (non-hydrogen) atoms. The summed E-state index contributed by atoms with van der Waals surface area (Å²) in [5.74, 6) is 0.369. The minimum atomic E-state index is -0.126. The third kappa shape index (κ3) is 3.39. The number of amides is 1. The number of anilines is 1. The number of nitrogens with zero attached hydrogens (tertiary/aromatic N) is 4. The van der Waals surface area contributed by atoms with Crippen molar-refractivity contribution in [1.29, 1.82) is 0 Å². The zero-order chi connectivity index (χ0) is 14.4. The van der Waals surface area contributed by atoms with Gasteiger partial charge in [-0.25, -0.2) is 14.6 Å². The molecule has 0 saturated carbocycles. The lowest BCUT2D eigenvalue weighted by atomic mass is 10.1. The van der Waals surface area contributed by atoms with Crippen LogP contribution in [0.2, 0.25) is 0 Å². The van der Waals surface area contributed by atoms with Crippen LogP contribution in [0.15, 0.2) is 31.0 Å². The third-order valence-corrected chi connectivity index (χ3v) is 2.83. The first-order chi connectivity index (χ1) is 9.72. The van der Waals surface area contributed by atoms with Gasteiger partial charge in [-0.2, -0.15) is 5.10 Å². The molecule has 0 spiro atoms. The van der Waals surface area contributed by atoms with E-state index in [9.17, 15) is 4.79 Å². The molecule has 106 valence electrons. The van der Waals surface area contributed by atoms with E-state index in [1.807, 2.05) is 13.8 Å². The van der Waals surface area contributed by atoms with Gasteiger partial charge in [0, 0.05) is 18.7 Å². The molecule has 1 unspecified atom stereocenters. The quantitative estimate of drug-likeness (QED) is 0.815. The van der Waals surface area contributed by atoms with Crippen LogP contribution in [0, 0.1) is 5.92 Å². The number of carbonyl (C=O) groups is 1. The molecule has 2 aromatic heterocycles. The maximum atomic E-state index is 12.1. The molecule has 7 heteroatoms. The minimum Gasteiger partial charge on any atom is -0.323 e. The zero-order valence-corrected chi connectivity index (χ0v) is 11.6. The molecule has 0 aliphatic carbocycles. The molecule has 0 fully saturated rings. The third-order valence-electron chi connectivity index (χ3n) is 2.83. The molecule has 2 heterocycles. The van der Waals surface area contributed by atoms with Crippen molar-refractivity contribution >= 4 is 11.6 Å². The summed E-state index contributed by atoms with van der Waals surface area (Å²) in [4.78, 5) is 20.2. The van der Waals surface area contributed by atoms with Crippen molar-refractivity contribution in [2.45, 2.75) is 13.8 Å². The molecule has 0 radical (unpaired) electrons. The summed E-state index contributed by atoms with van der Waals surface area (Å²) < 4.78 is 1.52. The van der Waals surface area contributed by atoms with Crippen molar-refractivity contribution in [2.24, 2.45) is 5.92 Å². The van der Waals surface area contributed by atoms with Crippen LogP contribution in [0.1, 0.15) is 13.8 Å². The van der Waals surface area contributed by atoms with Gasteiger partial charge in [-0.3, -0.25) is 4.79 Å². The molecule has 2 rings (SSSR count). The van der Waals surface area contributed by atoms with E-state index >= 15 is 0 Å². The number of rotatable bonds is 6. The lowest BCUT2D eigenvalue weighted by Crippen LogP contribution is -2.30. The van der Waals surface area contributed by atoms with Crippen LogP contribution in [0.4, 0.5) is 5.69 Å². The van der Waals surface area contributed by atoms with Crippen molar-refractivity contribution in [3.05, 3.63) is 31.0 Å². The second-order valence-electron chi connectivity index (χ2n) is 4.41. The number of hydrogen-bond acceptors (Lipinski definition) is 5. The molecular formula is C13H18N6O. The van der Waals surface area contributed by atoms with Crippen molar-refractivity contribution < 1.29 is 4.79 Å². The highest BCUT2D eigenvalue weighted by molar-refractivity contribution is 5.93. The maximum Gasteiger partial charge on any atom is 0.228 e. The van der Waals surface area contributed by atoms with Crippen LogP contribution in [0.25, 0.3) is 5.82 Å². The molecule has 0 aliphatic rings. The van der Waals surface area contributed by atoms with Crippen LogP contribution in [0.5, 0.6) is 0 Å². The van der Waals surface area contributed by atoms with Gasteiger partial charge in [0.2, 0.25) is 5.91 Å². The fourth-order valence-corrected chi connectivity index (χ4v) is 1.70. The van der Waals surface area contributed by atoms with Gasteiger partial charge in [-0.1, -0.05) is 13.8 Å². The zero-order valence-electron chi connectivity index (χ0n) is 11.6. The van der Waals surface area contributed by atoms with E-state index in [0.717, 1.165) is 6.54 Å². The molecule has 7 nitrogen and oxygen atoms in total. The van der Waals surface area contributed by atoms with E-state index in [4.69, 9.17) is 0 Å². The topological polar surface area (TPSA) is 84.7 Å². The number of pyridine rings is 1. The molecule has 2 aromatic rings. The Bertz CT molecular complexity index is 554. The Kier molecular flexibility index (Phi) is 4.78. The summed E-state index contributed by atoms with van der Waals surface area (Å²) >= 11 is 0. The SMILES string of the molecule is CCNCC(C)C(=O)Nc1cccnc1-n1cncn1. The predicted octanol–water partition coefficient (Wildman–Crippen LogP) is 0.846. The van der Waals surface area contributed by atoms with Gasteiger partial charge in [0.05, 0.1) is 5.69 Å². The Morgan fingerprint density at radius 2 is 2.35 bits per heavy atom. The summed E-state index contributed by atoms with van der Waals surface area (Å²) in [6, 6.07) is 3.56. The van der Waals surface area contributed by atoms with Crippen LogP contribution in [0.3, 0.4) is 0 Å². The monoisotopic (exact) mass is 274 g/mol. The van der Waals surface area contributed by atoms with Crippen molar-refractivity contribution in [1.82, 2.24) is 25.1 Å². The van der Waals surface area contributed by atoms with Gasteiger partial charge < -0.3 is 10.6 Å². The van der Waals surface area contributed by atoms with Crippen molar-refractivity contribution in [2.75, 3.05) is 18.4 Å². The lowest BCUT2D eigenvalue weighted by Gasteiger charge is -2.14. The highest BCUT2D eigenvalue weighted by Gasteiger charge is 2.15. The van der Waals surface area contributed by atoms with Crippen LogP contribution in [-0.4, -0.2) is 38.7 Å². The first-order valence-electron chi connectivity index (χ1n) is 6.54. The summed E-state index contributed by atoms with van der Waals surface area (Å²) in [6.07, 6.45) is 4.61. The summed E-state index contributed by atoms with van der Waals surface area (Å²) in [7, 11) is 0. The molecular weight excluding hydrogens is 256 g/mol. The number of aromatic nitrogens is 4. The summed E-state index contributed by atoms with van der Waals surface area (Å²) in [5.41, 5.74) is 0.617. The Labute approximate surface area is 117 Å². The first kappa shape index (κ1) is 14.1. The van der Waals surface area contributed by atoms with Crippen LogP contribution >= 0.6 is 0 Å². The standard InChI is InChI=1S/C13H18N6O/c1-3-14-7-10(2)13(20)18-11-5-4-6-16-12(11)19-9-15-8-17-19/h4-6,8-10,14H,3,7H2,1-2H3,(H,18,20). The van der Waals surface area contributed by atoms with Gasteiger partial charge in [0.25, 0.3) is 0 Å². The number of carbonyl (C=O) groups excluding carboxylic acids is 1. The Morgan fingerprint density at radius 3 is 3.05 bits per heavy atom. The van der Waals surface area contributed by atoms with E-state index in [1.54, 1.807) is 24.7 Å². The Hall–Kier alpha value is -2.28. The second kappa shape index (κ2) is 6.76. The van der Waals surface area contributed by atoms with Gasteiger partial charge in [-0.15, -0.1) is 0 Å². The number of nitrogens with one attached hydrogen (secondary N) is 2. The largest absolute Gasteiger partial charge is 0.323 e. The summed E-state index contributed by atoms with van der Waals surface area (Å²) in [5, 5.41) is 10.1. The molecule has 0 saturated heterocycles. The van der Waals surface area contributed by atoms with E-state index in [-0.39, 0.29) is 11.8 Å². The van der Waals surface area contributed by atoms with Crippen LogP contribution in [-0.2, 0) is 4.79 Å². The highest BCUT2D eigenvalue weighted by Crippen LogP contribution is 2.16. The van der Waals surface area contributed by atoms with Crippen molar-refractivity contribution in [3.63, 3.8) is 0 Å². The predicted molar refractivity (Wildman–Crippen MR) is 75.5 cm³/mol. The fourth-order valence-electron chi connectivity index (χ4n) is 1.70. The molecule has 0 bridgehead atoms. The Morgan fingerprint density at radius 1 is 1.50 bits per heavy atom. The van der Waals surface area contributed by atoms with Gasteiger partial charge in [0.1, 0.15) is 12.7 Å². The maximum absolute atomic E-state index is 12.1. The van der Waals surface area contributed by atoms with E-state index in [2.05, 4.69) is 25.7 Å². The molecule has 1 atom stereocenters. The van der Waals surface area contributed by atoms with E-state index in [0.29, 0.717) is 18.1 Å². The first-order valence-corrected chi connectivity index (χ1v) is 6.54. The average Bonchev–Trinajstić information content (AvgIpc) is 2.99. The minimum absolute atomic E-state index is 0.0553. The molecule has 0 aliphatic heterocycles. The Balaban J connectivity index is 2.12.